The highest BCUT2D eigenvalue weighted by Crippen LogP contribution is 2.14. The highest BCUT2D eigenvalue weighted by atomic mass is 32.1. The summed E-state index contributed by atoms with van der Waals surface area (Å²) in [4.78, 5) is 15.7. The number of rotatable bonds is 5. The molecule has 0 saturated heterocycles. The van der Waals surface area contributed by atoms with Gasteiger partial charge in [-0.2, -0.15) is 0 Å². The molecule has 0 aliphatic rings. The highest BCUT2D eigenvalue weighted by molar-refractivity contribution is 7.71. The Morgan fingerprint density at radius 2 is 1.87 bits per heavy atom. The van der Waals surface area contributed by atoms with Crippen molar-refractivity contribution in [1.29, 1.82) is 0 Å². The Morgan fingerprint density at radius 3 is 2.61 bits per heavy atom. The standard InChI is InChI=1S/C18H18N2O2S/c1-2-11-22-14-9-7-13(8-10-14)12-20-17(21)15-5-3-4-6-16(15)19-18(20)23/h3-10H,2,11-12H2,1H3,(H,19,23). The lowest BCUT2D eigenvalue weighted by Crippen LogP contribution is -2.22. The van der Waals surface area contributed by atoms with Crippen molar-refractivity contribution in [3.05, 3.63) is 69.2 Å². The molecule has 1 N–H and O–H groups in total. The summed E-state index contributed by atoms with van der Waals surface area (Å²) >= 11 is 5.33. The predicted octanol–water partition coefficient (Wildman–Crippen LogP) is 3.90. The second-order valence-electron chi connectivity index (χ2n) is 5.36. The van der Waals surface area contributed by atoms with Gasteiger partial charge in [-0.25, -0.2) is 0 Å². The zero-order chi connectivity index (χ0) is 16.2. The highest BCUT2D eigenvalue weighted by Gasteiger charge is 2.06. The fourth-order valence-electron chi connectivity index (χ4n) is 2.44. The molecule has 0 aliphatic heterocycles. The number of para-hydroxylation sites is 1. The van der Waals surface area contributed by atoms with Crippen LogP contribution < -0.4 is 10.3 Å². The number of benzene rings is 2. The summed E-state index contributed by atoms with van der Waals surface area (Å²) in [5.41, 5.74) is 1.70. The van der Waals surface area contributed by atoms with Crippen LogP contribution in [0.15, 0.2) is 53.3 Å². The normalized spacial score (nSPS) is 10.8. The first-order valence-electron chi connectivity index (χ1n) is 7.62. The largest absolute Gasteiger partial charge is 0.494 e. The lowest BCUT2D eigenvalue weighted by atomic mass is 10.2. The van der Waals surface area contributed by atoms with Gasteiger partial charge in [0.2, 0.25) is 0 Å². The summed E-state index contributed by atoms with van der Waals surface area (Å²) in [5.74, 6) is 0.839. The molecule has 0 aliphatic carbocycles. The molecular weight excluding hydrogens is 308 g/mol. The molecule has 118 valence electrons. The van der Waals surface area contributed by atoms with Crippen molar-refractivity contribution in [3.8, 4) is 5.75 Å². The van der Waals surface area contributed by atoms with Crippen LogP contribution in [-0.2, 0) is 6.54 Å². The summed E-state index contributed by atoms with van der Waals surface area (Å²) < 4.78 is 7.58. The third-order valence-electron chi connectivity index (χ3n) is 3.63. The molecule has 0 saturated carbocycles. The van der Waals surface area contributed by atoms with E-state index in [1.807, 2.05) is 42.5 Å². The maximum Gasteiger partial charge on any atom is 0.262 e. The minimum absolute atomic E-state index is 0.0735. The van der Waals surface area contributed by atoms with Gasteiger partial charge in [-0.1, -0.05) is 31.2 Å². The van der Waals surface area contributed by atoms with Gasteiger partial charge in [0.15, 0.2) is 4.77 Å². The van der Waals surface area contributed by atoms with Crippen LogP contribution >= 0.6 is 12.2 Å². The maximum atomic E-state index is 12.6. The van der Waals surface area contributed by atoms with Crippen LogP contribution in [0, 0.1) is 4.77 Å². The number of hydrogen-bond donors (Lipinski definition) is 1. The summed E-state index contributed by atoms with van der Waals surface area (Å²) in [6.45, 7) is 3.21. The topological polar surface area (TPSA) is 47.0 Å². The quantitative estimate of drug-likeness (QED) is 0.724. The molecule has 2 aromatic carbocycles. The third kappa shape index (κ3) is 3.35. The summed E-state index contributed by atoms with van der Waals surface area (Å²) in [6.07, 6.45) is 0.976. The maximum absolute atomic E-state index is 12.6. The number of aromatic amines is 1. The fraction of sp³-hybridized carbons (Fsp3) is 0.222. The molecule has 0 radical (unpaired) electrons. The Balaban J connectivity index is 1.92. The number of ether oxygens (including phenoxy) is 1. The van der Waals surface area contributed by atoms with Gasteiger partial charge in [0.1, 0.15) is 5.75 Å². The van der Waals surface area contributed by atoms with E-state index in [2.05, 4.69) is 11.9 Å². The number of fused-ring (bicyclic) bond motifs is 1. The van der Waals surface area contributed by atoms with Crippen molar-refractivity contribution in [1.82, 2.24) is 9.55 Å². The van der Waals surface area contributed by atoms with E-state index in [4.69, 9.17) is 17.0 Å². The molecule has 0 unspecified atom stereocenters. The third-order valence-corrected chi connectivity index (χ3v) is 3.95. The average molecular weight is 326 g/mol. The lowest BCUT2D eigenvalue weighted by Gasteiger charge is -2.09. The molecule has 1 aromatic heterocycles. The zero-order valence-corrected chi connectivity index (χ0v) is 13.7. The van der Waals surface area contributed by atoms with Gasteiger partial charge in [0, 0.05) is 0 Å². The molecular formula is C18H18N2O2S. The number of hydrogen-bond acceptors (Lipinski definition) is 3. The second-order valence-corrected chi connectivity index (χ2v) is 5.75. The Morgan fingerprint density at radius 1 is 1.13 bits per heavy atom. The van der Waals surface area contributed by atoms with Crippen molar-refractivity contribution in [2.24, 2.45) is 0 Å². The van der Waals surface area contributed by atoms with E-state index in [9.17, 15) is 4.79 Å². The van der Waals surface area contributed by atoms with Crippen molar-refractivity contribution < 1.29 is 4.74 Å². The number of H-pyrrole nitrogens is 1. The number of aromatic nitrogens is 2. The van der Waals surface area contributed by atoms with Crippen molar-refractivity contribution >= 4 is 23.1 Å². The van der Waals surface area contributed by atoms with E-state index in [0.717, 1.165) is 23.3 Å². The van der Waals surface area contributed by atoms with Crippen LogP contribution in [-0.4, -0.2) is 16.2 Å². The Kier molecular flexibility index (Phi) is 4.57. The number of nitrogens with zero attached hydrogens (tertiary/aromatic N) is 1. The summed E-state index contributed by atoms with van der Waals surface area (Å²) in [7, 11) is 0. The summed E-state index contributed by atoms with van der Waals surface area (Å²) in [6, 6.07) is 15.2. The molecule has 4 nitrogen and oxygen atoms in total. The molecule has 3 rings (SSSR count). The monoisotopic (exact) mass is 326 g/mol. The van der Waals surface area contributed by atoms with Crippen molar-refractivity contribution in [3.63, 3.8) is 0 Å². The zero-order valence-electron chi connectivity index (χ0n) is 12.9. The molecule has 0 spiro atoms. The molecule has 23 heavy (non-hydrogen) atoms. The second kappa shape index (κ2) is 6.79. The van der Waals surface area contributed by atoms with Crippen LogP contribution in [0.5, 0.6) is 5.75 Å². The van der Waals surface area contributed by atoms with E-state index in [-0.39, 0.29) is 5.56 Å². The molecule has 5 heteroatoms. The van der Waals surface area contributed by atoms with Crippen LogP contribution in [0.2, 0.25) is 0 Å². The van der Waals surface area contributed by atoms with Crippen molar-refractivity contribution in [2.75, 3.05) is 6.61 Å². The van der Waals surface area contributed by atoms with Gasteiger partial charge in [-0.3, -0.25) is 9.36 Å². The van der Waals surface area contributed by atoms with E-state index in [0.29, 0.717) is 23.3 Å². The van der Waals surface area contributed by atoms with Gasteiger partial charge in [-0.05, 0) is 48.5 Å². The predicted molar refractivity (Wildman–Crippen MR) is 94.7 cm³/mol. The first-order valence-corrected chi connectivity index (χ1v) is 8.03. The molecule has 0 amide bonds. The van der Waals surface area contributed by atoms with Gasteiger partial charge in [-0.15, -0.1) is 0 Å². The minimum Gasteiger partial charge on any atom is -0.494 e. The average Bonchev–Trinajstić information content (AvgIpc) is 2.58. The van der Waals surface area contributed by atoms with Crippen LogP contribution in [0.4, 0.5) is 0 Å². The first kappa shape index (κ1) is 15.5. The van der Waals surface area contributed by atoms with Crippen LogP contribution in [0.3, 0.4) is 0 Å². The summed E-state index contributed by atoms with van der Waals surface area (Å²) in [5, 5.41) is 0.643. The van der Waals surface area contributed by atoms with Gasteiger partial charge >= 0.3 is 0 Å². The Hall–Kier alpha value is -2.40. The Labute approximate surface area is 139 Å². The minimum atomic E-state index is -0.0735. The smallest absolute Gasteiger partial charge is 0.262 e. The van der Waals surface area contributed by atoms with E-state index < -0.39 is 0 Å². The van der Waals surface area contributed by atoms with E-state index in [1.54, 1.807) is 10.6 Å². The van der Waals surface area contributed by atoms with Gasteiger partial charge in [0.25, 0.3) is 5.56 Å². The van der Waals surface area contributed by atoms with Crippen LogP contribution in [0.1, 0.15) is 18.9 Å². The molecule has 0 fully saturated rings. The lowest BCUT2D eigenvalue weighted by molar-refractivity contribution is 0.317. The van der Waals surface area contributed by atoms with Gasteiger partial charge < -0.3 is 9.72 Å². The first-order chi connectivity index (χ1) is 11.2. The molecule has 0 bridgehead atoms. The van der Waals surface area contributed by atoms with Gasteiger partial charge in [0.05, 0.1) is 24.1 Å². The van der Waals surface area contributed by atoms with E-state index in [1.165, 1.54) is 0 Å². The SMILES string of the molecule is CCCOc1ccc(Cn2c(=S)[nH]c3ccccc3c2=O)cc1. The van der Waals surface area contributed by atoms with E-state index >= 15 is 0 Å². The molecule has 3 aromatic rings. The van der Waals surface area contributed by atoms with Crippen molar-refractivity contribution in [2.45, 2.75) is 19.9 Å². The Bertz CT molecular complexity index is 926. The van der Waals surface area contributed by atoms with Crippen LogP contribution in [0.25, 0.3) is 10.9 Å². The fourth-order valence-corrected chi connectivity index (χ4v) is 2.69. The number of nitrogens with one attached hydrogen (secondary N) is 1. The molecule has 0 atom stereocenters. The molecule has 1 heterocycles.